The second kappa shape index (κ2) is 6.19. The van der Waals surface area contributed by atoms with Crippen LogP contribution < -0.4 is 10.6 Å². The molecule has 5 nitrogen and oxygen atoms in total. The van der Waals surface area contributed by atoms with E-state index >= 15 is 0 Å². The van der Waals surface area contributed by atoms with Crippen LogP contribution in [0.2, 0.25) is 0 Å². The van der Waals surface area contributed by atoms with Gasteiger partial charge in [-0.05, 0) is 47.2 Å². The highest BCUT2D eigenvalue weighted by atomic mass is 32.1. The second-order valence-electron chi connectivity index (χ2n) is 5.23. The molecule has 1 aliphatic rings. The summed E-state index contributed by atoms with van der Waals surface area (Å²) >= 11 is 1.47. The zero-order valence-electron chi connectivity index (χ0n) is 12.3. The molecular formula is C16H17N3O2S. The van der Waals surface area contributed by atoms with Crippen LogP contribution in [-0.4, -0.2) is 23.4 Å². The van der Waals surface area contributed by atoms with E-state index in [0.29, 0.717) is 6.54 Å². The van der Waals surface area contributed by atoms with E-state index in [9.17, 15) is 9.59 Å². The normalized spacial score (nSPS) is 13.4. The fraction of sp³-hybridized carbons (Fsp3) is 0.250. The molecule has 0 aliphatic carbocycles. The first-order valence-electron chi connectivity index (χ1n) is 7.10. The molecule has 1 aromatic carbocycles. The van der Waals surface area contributed by atoms with Crippen LogP contribution in [0, 0.1) is 0 Å². The van der Waals surface area contributed by atoms with Crippen LogP contribution in [0.3, 0.4) is 0 Å². The molecule has 2 N–H and O–H groups in total. The molecule has 114 valence electrons. The van der Waals surface area contributed by atoms with Gasteiger partial charge in [-0.2, -0.15) is 0 Å². The summed E-state index contributed by atoms with van der Waals surface area (Å²) in [7, 11) is 0. The molecule has 0 fully saturated rings. The van der Waals surface area contributed by atoms with Gasteiger partial charge >= 0.3 is 6.03 Å². The lowest BCUT2D eigenvalue weighted by Gasteiger charge is -2.28. The highest BCUT2D eigenvalue weighted by Crippen LogP contribution is 2.23. The fourth-order valence-corrected chi connectivity index (χ4v) is 3.14. The lowest BCUT2D eigenvalue weighted by Crippen LogP contribution is -2.34. The van der Waals surface area contributed by atoms with Gasteiger partial charge in [-0.1, -0.05) is 6.07 Å². The van der Waals surface area contributed by atoms with E-state index in [1.165, 1.54) is 16.9 Å². The Labute approximate surface area is 132 Å². The van der Waals surface area contributed by atoms with Crippen molar-refractivity contribution < 1.29 is 9.59 Å². The Morgan fingerprint density at radius 3 is 2.77 bits per heavy atom. The summed E-state index contributed by atoms with van der Waals surface area (Å²) in [6.07, 6.45) is 0.858. The van der Waals surface area contributed by atoms with Gasteiger partial charge in [0.15, 0.2) is 0 Å². The number of nitrogens with zero attached hydrogens (tertiary/aromatic N) is 1. The lowest BCUT2D eigenvalue weighted by molar-refractivity contribution is -0.129. The summed E-state index contributed by atoms with van der Waals surface area (Å²) in [6, 6.07) is 9.33. The van der Waals surface area contributed by atoms with Crippen LogP contribution in [0.15, 0.2) is 35.7 Å². The number of amides is 3. The van der Waals surface area contributed by atoms with Crippen LogP contribution in [-0.2, 0) is 17.8 Å². The van der Waals surface area contributed by atoms with Gasteiger partial charge in [-0.3, -0.25) is 10.1 Å². The minimum atomic E-state index is -0.262. The molecule has 0 unspecified atom stereocenters. The molecule has 6 heteroatoms. The fourth-order valence-electron chi connectivity index (χ4n) is 2.53. The smallest absolute Gasteiger partial charge is 0.324 e. The molecule has 1 aromatic heterocycles. The Morgan fingerprint density at radius 2 is 2.05 bits per heavy atom. The third-order valence-electron chi connectivity index (χ3n) is 3.68. The van der Waals surface area contributed by atoms with E-state index in [1.54, 1.807) is 6.92 Å². The van der Waals surface area contributed by atoms with E-state index < -0.39 is 0 Å². The van der Waals surface area contributed by atoms with Crippen LogP contribution in [0.5, 0.6) is 0 Å². The first-order valence-corrected chi connectivity index (χ1v) is 7.98. The van der Waals surface area contributed by atoms with Crippen molar-refractivity contribution >= 4 is 34.0 Å². The topological polar surface area (TPSA) is 61.4 Å². The maximum absolute atomic E-state index is 11.9. The summed E-state index contributed by atoms with van der Waals surface area (Å²) in [6.45, 7) is 2.95. The van der Waals surface area contributed by atoms with Gasteiger partial charge < -0.3 is 10.2 Å². The van der Waals surface area contributed by atoms with E-state index in [1.807, 2.05) is 40.6 Å². The van der Waals surface area contributed by atoms with Crippen molar-refractivity contribution in [2.45, 2.75) is 19.9 Å². The highest BCUT2D eigenvalue weighted by molar-refractivity contribution is 7.14. The number of anilines is 2. The van der Waals surface area contributed by atoms with E-state index in [2.05, 4.69) is 10.6 Å². The van der Waals surface area contributed by atoms with Crippen molar-refractivity contribution in [1.29, 1.82) is 0 Å². The first kappa shape index (κ1) is 14.6. The Bertz CT molecular complexity index is 697. The van der Waals surface area contributed by atoms with Crippen LogP contribution in [0.4, 0.5) is 15.5 Å². The number of urea groups is 1. The van der Waals surface area contributed by atoms with Gasteiger partial charge in [0.1, 0.15) is 0 Å². The number of hydrogen-bond donors (Lipinski definition) is 2. The van der Waals surface area contributed by atoms with E-state index in [4.69, 9.17) is 0 Å². The Balaban J connectivity index is 1.69. The number of benzene rings is 1. The molecular weight excluding hydrogens is 298 g/mol. The standard InChI is InChI=1S/C16H17N3O2S/c1-11(20)19-7-6-12-4-5-14(9-13(12)10-19)17-16(21)18-15-3-2-8-22-15/h2-5,8-9H,6-7,10H2,1H3,(H2,17,18,21). The predicted molar refractivity (Wildman–Crippen MR) is 88.2 cm³/mol. The minimum absolute atomic E-state index is 0.0828. The quantitative estimate of drug-likeness (QED) is 0.893. The lowest BCUT2D eigenvalue weighted by atomic mass is 9.99. The molecule has 0 radical (unpaired) electrons. The molecule has 0 saturated carbocycles. The number of rotatable bonds is 2. The molecule has 2 heterocycles. The monoisotopic (exact) mass is 315 g/mol. The van der Waals surface area contributed by atoms with Crippen molar-refractivity contribution in [2.24, 2.45) is 0 Å². The van der Waals surface area contributed by atoms with E-state index in [-0.39, 0.29) is 11.9 Å². The first-order chi connectivity index (χ1) is 10.6. The summed E-state index contributed by atoms with van der Waals surface area (Å²) in [5.41, 5.74) is 3.07. The molecule has 1 aliphatic heterocycles. The second-order valence-corrected chi connectivity index (χ2v) is 6.18. The molecule has 2 aromatic rings. The van der Waals surface area contributed by atoms with Gasteiger partial charge in [0.05, 0.1) is 5.00 Å². The third-order valence-corrected chi connectivity index (χ3v) is 4.46. The number of fused-ring (bicyclic) bond motifs is 1. The van der Waals surface area contributed by atoms with Gasteiger partial charge in [0.25, 0.3) is 0 Å². The molecule has 0 bridgehead atoms. The largest absolute Gasteiger partial charge is 0.338 e. The number of carbonyl (C=O) groups is 2. The number of hydrogen-bond acceptors (Lipinski definition) is 3. The summed E-state index contributed by atoms with van der Waals surface area (Å²) in [4.78, 5) is 25.3. The minimum Gasteiger partial charge on any atom is -0.338 e. The molecule has 22 heavy (non-hydrogen) atoms. The Hall–Kier alpha value is -2.34. The SMILES string of the molecule is CC(=O)N1CCc2ccc(NC(=O)Nc3cccs3)cc2C1. The molecule has 0 atom stereocenters. The van der Waals surface area contributed by atoms with Gasteiger partial charge in [0, 0.05) is 25.7 Å². The third kappa shape index (κ3) is 3.28. The Kier molecular flexibility index (Phi) is 4.11. The molecule has 3 amide bonds. The average molecular weight is 315 g/mol. The van der Waals surface area contributed by atoms with Crippen molar-refractivity contribution in [3.05, 3.63) is 46.8 Å². The van der Waals surface area contributed by atoms with Crippen LogP contribution >= 0.6 is 11.3 Å². The van der Waals surface area contributed by atoms with Crippen molar-refractivity contribution in [2.75, 3.05) is 17.2 Å². The van der Waals surface area contributed by atoms with Crippen molar-refractivity contribution in [1.82, 2.24) is 4.90 Å². The maximum Gasteiger partial charge on any atom is 0.324 e. The Morgan fingerprint density at radius 1 is 1.18 bits per heavy atom. The average Bonchev–Trinajstić information content (AvgIpc) is 2.99. The van der Waals surface area contributed by atoms with Crippen LogP contribution in [0.1, 0.15) is 18.1 Å². The number of nitrogens with one attached hydrogen (secondary N) is 2. The summed E-state index contributed by atoms with van der Waals surface area (Å²) in [5.74, 6) is 0.0828. The predicted octanol–water partition coefficient (Wildman–Crippen LogP) is 3.30. The van der Waals surface area contributed by atoms with Crippen molar-refractivity contribution in [3.63, 3.8) is 0 Å². The molecule has 3 rings (SSSR count). The zero-order chi connectivity index (χ0) is 15.5. The summed E-state index contributed by atoms with van der Waals surface area (Å²) < 4.78 is 0. The van der Waals surface area contributed by atoms with Crippen LogP contribution in [0.25, 0.3) is 0 Å². The van der Waals surface area contributed by atoms with E-state index in [0.717, 1.165) is 29.2 Å². The number of thiophene rings is 1. The van der Waals surface area contributed by atoms with Gasteiger partial charge in [-0.25, -0.2) is 4.79 Å². The van der Waals surface area contributed by atoms with Gasteiger partial charge in [0.2, 0.25) is 5.91 Å². The van der Waals surface area contributed by atoms with Crippen molar-refractivity contribution in [3.8, 4) is 0 Å². The highest BCUT2D eigenvalue weighted by Gasteiger charge is 2.18. The molecule has 0 spiro atoms. The zero-order valence-corrected chi connectivity index (χ0v) is 13.1. The number of carbonyl (C=O) groups excluding carboxylic acids is 2. The van der Waals surface area contributed by atoms with Gasteiger partial charge in [-0.15, -0.1) is 11.3 Å². The molecule has 0 saturated heterocycles. The summed E-state index contributed by atoms with van der Waals surface area (Å²) in [5, 5.41) is 8.32. The maximum atomic E-state index is 11.9.